The van der Waals surface area contributed by atoms with Gasteiger partial charge in [-0.15, -0.1) is 0 Å². The zero-order chi connectivity index (χ0) is 14.3. The molecule has 0 spiro atoms. The number of benzene rings is 2. The van der Waals surface area contributed by atoms with Crippen LogP contribution < -0.4 is 5.32 Å². The van der Waals surface area contributed by atoms with Crippen LogP contribution in [-0.4, -0.2) is 24.9 Å². The predicted octanol–water partition coefficient (Wildman–Crippen LogP) is 3.28. The second-order valence-corrected chi connectivity index (χ2v) is 5.44. The van der Waals surface area contributed by atoms with Gasteiger partial charge in [0.15, 0.2) is 0 Å². The lowest BCUT2D eigenvalue weighted by Gasteiger charge is -2.22. The molecule has 3 heteroatoms. The van der Waals surface area contributed by atoms with Crippen LogP contribution in [0.2, 0.25) is 0 Å². The molecule has 0 bridgehead atoms. The van der Waals surface area contributed by atoms with Crippen LogP contribution in [0, 0.1) is 0 Å². The number of nitrogens with one attached hydrogen (secondary N) is 1. The lowest BCUT2D eigenvalue weighted by Crippen LogP contribution is -2.19. The second-order valence-electron chi connectivity index (χ2n) is 5.44. The molecule has 3 rings (SSSR count). The minimum atomic E-state index is -0.0399. The molecular formula is C17H18N2O. The minimum absolute atomic E-state index is 0.0399. The minimum Gasteiger partial charge on any atom is -0.326 e. The molecule has 0 radical (unpaired) electrons. The van der Waals surface area contributed by atoms with Crippen LogP contribution in [0.3, 0.4) is 0 Å². The molecule has 0 unspecified atom stereocenters. The fraction of sp³-hybridized carbons (Fsp3) is 0.235. The molecule has 0 aliphatic heterocycles. The van der Waals surface area contributed by atoms with E-state index in [1.807, 2.05) is 6.07 Å². The lowest BCUT2D eigenvalue weighted by molar-refractivity contribution is -0.114. The molecule has 0 saturated carbocycles. The van der Waals surface area contributed by atoms with Crippen molar-refractivity contribution in [1.82, 2.24) is 4.90 Å². The second kappa shape index (κ2) is 4.76. The molecule has 0 aromatic heterocycles. The molecular weight excluding hydrogens is 248 g/mol. The maximum atomic E-state index is 11.2. The van der Waals surface area contributed by atoms with Gasteiger partial charge >= 0.3 is 0 Å². The standard InChI is InChI=1S/C17H18N2O/c1-11(20)18-12-8-9-14-13-6-4-5-7-15(13)17(19(2)3)16(14)10-12/h4-10,17H,1-3H3,(H,18,20)/t17-/m1/s1. The smallest absolute Gasteiger partial charge is 0.221 e. The Balaban J connectivity index is 2.14. The summed E-state index contributed by atoms with van der Waals surface area (Å²) >= 11 is 0. The van der Waals surface area contributed by atoms with Gasteiger partial charge in [0, 0.05) is 12.6 Å². The first kappa shape index (κ1) is 12.9. The van der Waals surface area contributed by atoms with Crippen molar-refractivity contribution in [2.75, 3.05) is 19.4 Å². The van der Waals surface area contributed by atoms with Crippen molar-refractivity contribution in [2.24, 2.45) is 0 Å². The maximum absolute atomic E-state index is 11.2. The SMILES string of the molecule is CC(=O)Nc1ccc2c(c1)[C@H](N(C)C)c1ccccc1-2. The molecule has 102 valence electrons. The summed E-state index contributed by atoms with van der Waals surface area (Å²) in [6.07, 6.45) is 0. The third-order valence-corrected chi connectivity index (χ3v) is 3.73. The van der Waals surface area contributed by atoms with Crippen molar-refractivity contribution in [3.8, 4) is 11.1 Å². The van der Waals surface area contributed by atoms with Gasteiger partial charge in [-0.05, 0) is 48.5 Å². The topological polar surface area (TPSA) is 32.3 Å². The summed E-state index contributed by atoms with van der Waals surface area (Å²) < 4.78 is 0. The average molecular weight is 266 g/mol. The Morgan fingerprint density at radius 2 is 1.75 bits per heavy atom. The highest BCUT2D eigenvalue weighted by molar-refractivity contribution is 5.90. The Bertz CT molecular complexity index is 676. The lowest BCUT2D eigenvalue weighted by atomic mass is 10.0. The summed E-state index contributed by atoms with van der Waals surface area (Å²) in [7, 11) is 4.17. The van der Waals surface area contributed by atoms with Crippen LogP contribution in [0.25, 0.3) is 11.1 Å². The fourth-order valence-corrected chi connectivity index (χ4v) is 3.02. The zero-order valence-electron chi connectivity index (χ0n) is 12.0. The van der Waals surface area contributed by atoms with Crippen LogP contribution in [-0.2, 0) is 4.79 Å². The molecule has 2 aromatic rings. The number of carbonyl (C=O) groups is 1. The molecule has 3 nitrogen and oxygen atoms in total. The largest absolute Gasteiger partial charge is 0.326 e. The molecule has 1 aliphatic rings. The Morgan fingerprint density at radius 3 is 2.45 bits per heavy atom. The van der Waals surface area contributed by atoms with E-state index in [4.69, 9.17) is 0 Å². The Morgan fingerprint density at radius 1 is 1.05 bits per heavy atom. The van der Waals surface area contributed by atoms with Crippen molar-refractivity contribution in [1.29, 1.82) is 0 Å². The van der Waals surface area contributed by atoms with E-state index >= 15 is 0 Å². The third-order valence-electron chi connectivity index (χ3n) is 3.73. The first-order valence-electron chi connectivity index (χ1n) is 6.75. The number of nitrogens with zero attached hydrogens (tertiary/aromatic N) is 1. The maximum Gasteiger partial charge on any atom is 0.221 e. The van der Waals surface area contributed by atoms with E-state index < -0.39 is 0 Å². The normalized spacial score (nSPS) is 15.9. The van der Waals surface area contributed by atoms with Crippen molar-refractivity contribution in [3.05, 3.63) is 53.6 Å². The van der Waals surface area contributed by atoms with Crippen LogP contribution in [0.15, 0.2) is 42.5 Å². The van der Waals surface area contributed by atoms with Crippen LogP contribution in [0.1, 0.15) is 24.1 Å². The van der Waals surface area contributed by atoms with Gasteiger partial charge in [-0.1, -0.05) is 30.3 Å². The van der Waals surface area contributed by atoms with E-state index in [0.29, 0.717) is 0 Å². The Kier molecular flexibility index (Phi) is 3.07. The first-order chi connectivity index (χ1) is 9.58. The van der Waals surface area contributed by atoms with Gasteiger partial charge in [-0.25, -0.2) is 0 Å². The summed E-state index contributed by atoms with van der Waals surface area (Å²) in [6.45, 7) is 1.53. The number of amides is 1. The summed E-state index contributed by atoms with van der Waals surface area (Å²) in [5.41, 5.74) is 5.98. The number of rotatable bonds is 2. The van der Waals surface area contributed by atoms with E-state index in [1.54, 1.807) is 0 Å². The zero-order valence-corrected chi connectivity index (χ0v) is 12.0. The van der Waals surface area contributed by atoms with Gasteiger partial charge in [0.1, 0.15) is 0 Å². The van der Waals surface area contributed by atoms with E-state index in [0.717, 1.165) is 5.69 Å². The van der Waals surface area contributed by atoms with Crippen molar-refractivity contribution in [3.63, 3.8) is 0 Å². The van der Waals surface area contributed by atoms with Gasteiger partial charge in [0.25, 0.3) is 0 Å². The highest BCUT2D eigenvalue weighted by Gasteiger charge is 2.29. The molecule has 1 atom stereocenters. The number of anilines is 1. The molecule has 0 heterocycles. The van der Waals surface area contributed by atoms with Gasteiger partial charge in [0.05, 0.1) is 6.04 Å². The van der Waals surface area contributed by atoms with Crippen molar-refractivity contribution in [2.45, 2.75) is 13.0 Å². The Labute approximate surface area is 119 Å². The third kappa shape index (κ3) is 2.00. The first-order valence-corrected chi connectivity index (χ1v) is 6.75. The monoisotopic (exact) mass is 266 g/mol. The van der Waals surface area contributed by atoms with Gasteiger partial charge in [-0.3, -0.25) is 9.69 Å². The summed E-state index contributed by atoms with van der Waals surface area (Å²) in [6, 6.07) is 14.9. The molecule has 1 aliphatic carbocycles. The molecule has 1 N–H and O–H groups in total. The average Bonchev–Trinajstić information content (AvgIpc) is 2.71. The Hall–Kier alpha value is -2.13. The number of carbonyl (C=O) groups excluding carboxylic acids is 1. The number of hydrogen-bond acceptors (Lipinski definition) is 2. The highest BCUT2D eigenvalue weighted by atomic mass is 16.1. The highest BCUT2D eigenvalue weighted by Crippen LogP contribution is 2.46. The molecule has 2 aromatic carbocycles. The molecule has 1 amide bonds. The van der Waals surface area contributed by atoms with Gasteiger partial charge in [0.2, 0.25) is 5.91 Å². The fourth-order valence-electron chi connectivity index (χ4n) is 3.02. The summed E-state index contributed by atoms with van der Waals surface area (Å²) in [5, 5.41) is 2.86. The summed E-state index contributed by atoms with van der Waals surface area (Å²) in [4.78, 5) is 13.4. The van der Waals surface area contributed by atoms with Crippen LogP contribution in [0.5, 0.6) is 0 Å². The quantitative estimate of drug-likeness (QED) is 0.904. The van der Waals surface area contributed by atoms with Crippen LogP contribution in [0.4, 0.5) is 5.69 Å². The van der Waals surface area contributed by atoms with Gasteiger partial charge < -0.3 is 5.32 Å². The summed E-state index contributed by atoms with van der Waals surface area (Å²) in [5.74, 6) is -0.0399. The van der Waals surface area contributed by atoms with E-state index in [2.05, 4.69) is 60.7 Å². The molecule has 20 heavy (non-hydrogen) atoms. The number of hydrogen-bond donors (Lipinski definition) is 1. The predicted molar refractivity (Wildman–Crippen MR) is 81.7 cm³/mol. The molecule has 0 saturated heterocycles. The number of fused-ring (bicyclic) bond motifs is 3. The van der Waals surface area contributed by atoms with E-state index in [1.165, 1.54) is 29.2 Å². The molecule has 0 fully saturated rings. The van der Waals surface area contributed by atoms with Crippen LogP contribution >= 0.6 is 0 Å². The van der Waals surface area contributed by atoms with Crippen molar-refractivity contribution >= 4 is 11.6 Å². The van der Waals surface area contributed by atoms with Crippen molar-refractivity contribution < 1.29 is 4.79 Å². The van der Waals surface area contributed by atoms with E-state index in [9.17, 15) is 4.79 Å². The van der Waals surface area contributed by atoms with Gasteiger partial charge in [-0.2, -0.15) is 0 Å². The van der Waals surface area contributed by atoms with E-state index in [-0.39, 0.29) is 11.9 Å².